The molecule has 1 aromatic rings. The molecule has 0 spiro atoms. The molecule has 21 heavy (non-hydrogen) atoms. The molecule has 0 unspecified atom stereocenters. The molecule has 0 aromatic heterocycles. The second-order valence-corrected chi connectivity index (χ2v) is 7.88. The van der Waals surface area contributed by atoms with Crippen LogP contribution >= 0.6 is 11.6 Å². The quantitative estimate of drug-likeness (QED) is 0.891. The van der Waals surface area contributed by atoms with E-state index in [1.165, 1.54) is 0 Å². The van der Waals surface area contributed by atoms with E-state index in [2.05, 4.69) is 5.32 Å². The minimum atomic E-state index is -3.01. The maximum absolute atomic E-state index is 12.2. The summed E-state index contributed by atoms with van der Waals surface area (Å²) in [5.41, 5.74) is 1.21. The van der Waals surface area contributed by atoms with Crippen LogP contribution in [0.4, 0.5) is 0 Å². The molecular formula is C14H14ClNO4S. The van der Waals surface area contributed by atoms with Crippen LogP contribution in [0.2, 0.25) is 5.02 Å². The van der Waals surface area contributed by atoms with E-state index < -0.39 is 9.84 Å². The number of rotatable bonds is 2. The second-order valence-electron chi connectivity index (χ2n) is 5.21. The lowest BCUT2D eigenvalue weighted by Gasteiger charge is -2.19. The molecule has 7 heteroatoms. The van der Waals surface area contributed by atoms with E-state index in [1.807, 2.05) is 0 Å². The van der Waals surface area contributed by atoms with Crippen molar-refractivity contribution in [1.29, 1.82) is 0 Å². The first-order valence-corrected chi connectivity index (χ1v) is 8.77. The number of fused-ring (bicyclic) bond motifs is 1. The van der Waals surface area contributed by atoms with E-state index in [1.54, 1.807) is 24.3 Å². The Morgan fingerprint density at radius 2 is 2.19 bits per heavy atom. The fourth-order valence-corrected chi connectivity index (χ4v) is 4.32. The van der Waals surface area contributed by atoms with Crippen molar-refractivity contribution in [1.82, 2.24) is 5.32 Å². The lowest BCUT2D eigenvalue weighted by atomic mass is 10.1. The van der Waals surface area contributed by atoms with Gasteiger partial charge >= 0.3 is 0 Å². The van der Waals surface area contributed by atoms with Gasteiger partial charge in [0.25, 0.3) is 5.91 Å². The van der Waals surface area contributed by atoms with E-state index in [4.69, 9.17) is 16.3 Å². The van der Waals surface area contributed by atoms with Crippen LogP contribution in [-0.2, 0) is 14.6 Å². The van der Waals surface area contributed by atoms with Gasteiger partial charge in [0, 0.05) is 16.6 Å². The topological polar surface area (TPSA) is 72.5 Å². The number of hydrogen-bond acceptors (Lipinski definition) is 4. The molecule has 1 amide bonds. The molecule has 0 saturated carbocycles. The van der Waals surface area contributed by atoms with Gasteiger partial charge in [-0.05, 0) is 30.7 Å². The number of ether oxygens (including phenoxy) is 1. The third-order valence-corrected chi connectivity index (χ3v) is 5.55. The zero-order chi connectivity index (χ0) is 15.0. The Balaban J connectivity index is 1.74. The van der Waals surface area contributed by atoms with Crippen LogP contribution in [0.15, 0.2) is 23.8 Å². The minimum absolute atomic E-state index is 0.00922. The van der Waals surface area contributed by atoms with Gasteiger partial charge in [0.15, 0.2) is 9.84 Å². The van der Waals surface area contributed by atoms with Gasteiger partial charge in [-0.2, -0.15) is 0 Å². The molecule has 1 atom stereocenters. The maximum Gasteiger partial charge on any atom is 0.250 e. The summed E-state index contributed by atoms with van der Waals surface area (Å²) < 4.78 is 28.3. The SMILES string of the molecule is O=C(N[C@@H]1CCS(=O)(=O)C1)C1=Cc2cc(Cl)ccc2OC1. The number of hydrogen-bond donors (Lipinski definition) is 1. The monoisotopic (exact) mass is 327 g/mol. The van der Waals surface area contributed by atoms with Crippen molar-refractivity contribution >= 4 is 33.4 Å². The predicted octanol–water partition coefficient (Wildman–Crippen LogP) is 1.42. The highest BCUT2D eigenvalue weighted by Crippen LogP contribution is 2.29. The van der Waals surface area contributed by atoms with E-state index in [-0.39, 0.29) is 30.1 Å². The van der Waals surface area contributed by atoms with Crippen molar-refractivity contribution in [3.63, 3.8) is 0 Å². The van der Waals surface area contributed by atoms with Crippen LogP contribution in [0.5, 0.6) is 5.75 Å². The zero-order valence-corrected chi connectivity index (χ0v) is 12.7. The number of sulfone groups is 1. The third-order valence-electron chi connectivity index (χ3n) is 3.54. The average molecular weight is 328 g/mol. The standard InChI is InChI=1S/C14H14ClNO4S/c15-11-1-2-13-9(6-11)5-10(7-20-13)14(17)16-12-3-4-21(18,19)8-12/h1-2,5-6,12H,3-4,7-8H2,(H,16,17)/t12-/m1/s1. The lowest BCUT2D eigenvalue weighted by molar-refractivity contribution is -0.118. The number of carbonyl (C=O) groups is 1. The van der Waals surface area contributed by atoms with Crippen LogP contribution < -0.4 is 10.1 Å². The number of carbonyl (C=O) groups excluding carboxylic acids is 1. The Hall–Kier alpha value is -1.53. The minimum Gasteiger partial charge on any atom is -0.488 e. The first-order chi connectivity index (χ1) is 9.93. The first-order valence-electron chi connectivity index (χ1n) is 6.57. The Kier molecular flexibility index (Phi) is 3.67. The van der Waals surface area contributed by atoms with Gasteiger partial charge < -0.3 is 10.1 Å². The summed E-state index contributed by atoms with van der Waals surface area (Å²) in [6.07, 6.45) is 2.19. The number of benzene rings is 1. The van der Waals surface area contributed by atoms with Crippen molar-refractivity contribution in [2.45, 2.75) is 12.5 Å². The summed E-state index contributed by atoms with van der Waals surface area (Å²) >= 11 is 5.92. The van der Waals surface area contributed by atoms with E-state index in [9.17, 15) is 13.2 Å². The van der Waals surface area contributed by atoms with Gasteiger partial charge in [-0.1, -0.05) is 11.6 Å². The highest BCUT2D eigenvalue weighted by atomic mass is 35.5. The molecule has 1 N–H and O–H groups in total. The van der Waals surface area contributed by atoms with Crippen LogP contribution in [0.25, 0.3) is 6.08 Å². The van der Waals surface area contributed by atoms with Crippen molar-refractivity contribution in [2.24, 2.45) is 0 Å². The molecule has 112 valence electrons. The van der Waals surface area contributed by atoms with E-state index in [0.29, 0.717) is 22.8 Å². The molecule has 0 aliphatic carbocycles. The summed E-state index contributed by atoms with van der Waals surface area (Å²) in [5, 5.41) is 3.32. The van der Waals surface area contributed by atoms with Crippen LogP contribution in [-0.4, -0.2) is 38.5 Å². The average Bonchev–Trinajstić information content (AvgIpc) is 2.77. The zero-order valence-electron chi connectivity index (χ0n) is 11.1. The van der Waals surface area contributed by atoms with Crippen LogP contribution in [0.1, 0.15) is 12.0 Å². The number of halogens is 1. The third kappa shape index (κ3) is 3.22. The number of nitrogens with one attached hydrogen (secondary N) is 1. The Labute approximate surface area is 127 Å². The molecule has 2 aliphatic heterocycles. The summed E-state index contributed by atoms with van der Waals surface area (Å²) in [7, 11) is -3.01. The van der Waals surface area contributed by atoms with Gasteiger partial charge in [-0.15, -0.1) is 0 Å². The first kappa shape index (κ1) is 14.4. The molecule has 2 aliphatic rings. The van der Waals surface area contributed by atoms with Gasteiger partial charge in [-0.25, -0.2) is 8.42 Å². The van der Waals surface area contributed by atoms with Crippen molar-refractivity contribution in [2.75, 3.05) is 18.1 Å². The molecule has 1 aromatic carbocycles. The smallest absolute Gasteiger partial charge is 0.250 e. The molecule has 1 saturated heterocycles. The van der Waals surface area contributed by atoms with Gasteiger partial charge in [0.2, 0.25) is 0 Å². The summed E-state index contributed by atoms with van der Waals surface area (Å²) in [6, 6.07) is 4.89. The molecule has 1 fully saturated rings. The van der Waals surface area contributed by atoms with Gasteiger partial charge in [0.05, 0.1) is 17.1 Å². The molecule has 5 nitrogen and oxygen atoms in total. The van der Waals surface area contributed by atoms with Crippen molar-refractivity contribution in [3.05, 3.63) is 34.4 Å². The summed E-state index contributed by atoms with van der Waals surface area (Å²) in [5.74, 6) is 0.531. The van der Waals surface area contributed by atoms with Crippen molar-refractivity contribution < 1.29 is 17.9 Å². The Morgan fingerprint density at radius 3 is 2.90 bits per heavy atom. The normalized spacial score (nSPS) is 22.9. The fourth-order valence-electron chi connectivity index (χ4n) is 2.47. The fraction of sp³-hybridized carbons (Fsp3) is 0.357. The second kappa shape index (κ2) is 5.35. The van der Waals surface area contributed by atoms with E-state index in [0.717, 1.165) is 5.56 Å². The molecular weight excluding hydrogens is 314 g/mol. The predicted molar refractivity (Wildman–Crippen MR) is 80.1 cm³/mol. The van der Waals surface area contributed by atoms with Gasteiger partial charge in [0.1, 0.15) is 12.4 Å². The van der Waals surface area contributed by atoms with Crippen LogP contribution in [0.3, 0.4) is 0 Å². The molecule has 0 bridgehead atoms. The Morgan fingerprint density at radius 1 is 1.38 bits per heavy atom. The summed E-state index contributed by atoms with van der Waals surface area (Å²) in [4.78, 5) is 12.2. The molecule has 0 radical (unpaired) electrons. The van der Waals surface area contributed by atoms with Gasteiger partial charge in [-0.3, -0.25) is 4.79 Å². The maximum atomic E-state index is 12.2. The highest BCUT2D eigenvalue weighted by molar-refractivity contribution is 7.91. The number of amides is 1. The summed E-state index contributed by atoms with van der Waals surface area (Å²) in [6.45, 7) is 0.167. The van der Waals surface area contributed by atoms with Crippen LogP contribution in [0, 0.1) is 0 Å². The largest absolute Gasteiger partial charge is 0.488 e. The Bertz CT molecular complexity index is 726. The molecule has 3 rings (SSSR count). The highest BCUT2D eigenvalue weighted by Gasteiger charge is 2.30. The van der Waals surface area contributed by atoms with E-state index >= 15 is 0 Å². The lowest BCUT2D eigenvalue weighted by Crippen LogP contribution is -2.38. The molecule has 2 heterocycles. The van der Waals surface area contributed by atoms with Crippen molar-refractivity contribution in [3.8, 4) is 5.75 Å².